The molecule has 0 aliphatic carbocycles. The van der Waals surface area contributed by atoms with Crippen molar-refractivity contribution < 1.29 is 13.5 Å². The molecule has 5 nitrogen and oxygen atoms in total. The summed E-state index contributed by atoms with van der Waals surface area (Å²) >= 11 is 0. The Balaban J connectivity index is 2.39. The monoisotopic (exact) mass is 312 g/mol. The second-order valence-corrected chi connectivity index (χ2v) is 7.67. The summed E-state index contributed by atoms with van der Waals surface area (Å²) in [4.78, 5) is 2.47. The van der Waals surface area contributed by atoms with Gasteiger partial charge in [-0.05, 0) is 56.6 Å². The van der Waals surface area contributed by atoms with Gasteiger partial charge in [-0.3, -0.25) is 0 Å². The molecule has 1 aromatic rings. The van der Waals surface area contributed by atoms with Gasteiger partial charge >= 0.3 is 0 Å². The predicted octanol–water partition coefficient (Wildman–Crippen LogP) is 1.12. The molecule has 0 aromatic heterocycles. The second kappa shape index (κ2) is 6.44. The van der Waals surface area contributed by atoms with Gasteiger partial charge in [-0.15, -0.1) is 0 Å². The number of likely N-dealkylation sites (N-methyl/N-ethyl adjacent to an activating group) is 1. The van der Waals surface area contributed by atoms with E-state index in [4.69, 9.17) is 0 Å². The second-order valence-electron chi connectivity index (χ2n) is 5.76. The molecule has 0 spiro atoms. The van der Waals surface area contributed by atoms with Crippen LogP contribution < -0.4 is 0 Å². The van der Waals surface area contributed by atoms with Gasteiger partial charge < -0.3 is 10.0 Å². The Hall–Kier alpha value is -0.950. The average molecular weight is 312 g/mol. The Morgan fingerprint density at radius 1 is 1.10 bits per heavy atom. The minimum absolute atomic E-state index is 0.141. The third kappa shape index (κ3) is 3.45. The minimum Gasteiger partial charge on any atom is -0.392 e. The van der Waals surface area contributed by atoms with Crippen molar-refractivity contribution in [2.45, 2.75) is 31.8 Å². The Morgan fingerprint density at radius 2 is 1.81 bits per heavy atom. The van der Waals surface area contributed by atoms with Crippen molar-refractivity contribution in [2.24, 2.45) is 0 Å². The highest BCUT2D eigenvalue weighted by Crippen LogP contribution is 2.24. The lowest BCUT2D eigenvalue weighted by Gasteiger charge is -2.22. The topological polar surface area (TPSA) is 60.9 Å². The van der Waals surface area contributed by atoms with Crippen LogP contribution >= 0.6 is 0 Å². The van der Waals surface area contributed by atoms with Crippen molar-refractivity contribution in [3.63, 3.8) is 0 Å². The van der Waals surface area contributed by atoms with Gasteiger partial charge in [-0.1, -0.05) is 6.07 Å². The van der Waals surface area contributed by atoms with Gasteiger partial charge in [0.1, 0.15) is 0 Å². The molecule has 2 rings (SSSR count). The SMILES string of the molecule is Cc1cc(C)c(S(=O)(=O)N2CCCN(C)CC2)cc1CO. The van der Waals surface area contributed by atoms with Crippen molar-refractivity contribution in [2.75, 3.05) is 33.2 Å². The first-order valence-electron chi connectivity index (χ1n) is 7.26. The van der Waals surface area contributed by atoms with E-state index in [-0.39, 0.29) is 6.61 Å². The van der Waals surface area contributed by atoms with Crippen molar-refractivity contribution in [3.05, 3.63) is 28.8 Å². The van der Waals surface area contributed by atoms with E-state index in [1.54, 1.807) is 10.4 Å². The van der Waals surface area contributed by atoms with E-state index in [1.807, 2.05) is 27.0 Å². The van der Waals surface area contributed by atoms with E-state index in [1.165, 1.54) is 0 Å². The summed E-state index contributed by atoms with van der Waals surface area (Å²) in [7, 11) is -1.48. The van der Waals surface area contributed by atoms with Crippen LogP contribution in [0.15, 0.2) is 17.0 Å². The van der Waals surface area contributed by atoms with Crippen molar-refractivity contribution in [1.82, 2.24) is 9.21 Å². The summed E-state index contributed by atoms with van der Waals surface area (Å²) in [5, 5.41) is 9.37. The van der Waals surface area contributed by atoms with Gasteiger partial charge in [-0.25, -0.2) is 8.42 Å². The fourth-order valence-corrected chi connectivity index (χ4v) is 4.45. The molecule has 0 saturated carbocycles. The van der Waals surface area contributed by atoms with Crippen LogP contribution in [0.25, 0.3) is 0 Å². The predicted molar refractivity (Wildman–Crippen MR) is 82.7 cm³/mol. The van der Waals surface area contributed by atoms with Gasteiger partial charge in [-0.2, -0.15) is 4.31 Å². The minimum atomic E-state index is -3.49. The summed E-state index contributed by atoms with van der Waals surface area (Å²) < 4.78 is 27.3. The third-order valence-electron chi connectivity index (χ3n) is 4.10. The molecule has 0 radical (unpaired) electrons. The molecule has 0 amide bonds. The van der Waals surface area contributed by atoms with E-state index in [9.17, 15) is 13.5 Å². The number of hydrogen-bond donors (Lipinski definition) is 1. The van der Waals surface area contributed by atoms with Crippen LogP contribution in [0.4, 0.5) is 0 Å². The van der Waals surface area contributed by atoms with E-state index in [2.05, 4.69) is 4.90 Å². The molecular formula is C15H24N2O3S. The number of hydrogen-bond acceptors (Lipinski definition) is 4. The maximum Gasteiger partial charge on any atom is 0.243 e. The fourth-order valence-electron chi connectivity index (χ4n) is 2.73. The smallest absolute Gasteiger partial charge is 0.243 e. The summed E-state index contributed by atoms with van der Waals surface area (Å²) in [6, 6.07) is 3.46. The van der Waals surface area contributed by atoms with E-state index < -0.39 is 10.0 Å². The quantitative estimate of drug-likeness (QED) is 0.909. The third-order valence-corrected chi connectivity index (χ3v) is 6.14. The molecule has 0 unspecified atom stereocenters. The zero-order valence-corrected chi connectivity index (χ0v) is 13.8. The molecule has 21 heavy (non-hydrogen) atoms. The van der Waals surface area contributed by atoms with E-state index in [0.29, 0.717) is 23.5 Å². The Kier molecular flexibility index (Phi) is 5.03. The number of benzene rings is 1. The Bertz CT molecular complexity index is 614. The summed E-state index contributed by atoms with van der Waals surface area (Å²) in [5.74, 6) is 0. The van der Waals surface area contributed by atoms with Gasteiger partial charge in [0, 0.05) is 19.6 Å². The summed E-state index contributed by atoms with van der Waals surface area (Å²) in [5.41, 5.74) is 2.33. The first kappa shape index (κ1) is 16.4. The highest BCUT2D eigenvalue weighted by molar-refractivity contribution is 7.89. The Morgan fingerprint density at radius 3 is 2.48 bits per heavy atom. The van der Waals surface area contributed by atoms with Crippen molar-refractivity contribution >= 4 is 10.0 Å². The average Bonchev–Trinajstić information content (AvgIpc) is 2.63. The van der Waals surface area contributed by atoms with Crippen LogP contribution in [0.3, 0.4) is 0 Å². The Labute approximate surface area is 127 Å². The molecule has 6 heteroatoms. The number of aliphatic hydroxyl groups is 1. The van der Waals surface area contributed by atoms with Crippen molar-refractivity contribution in [3.8, 4) is 0 Å². The maximum absolute atomic E-state index is 12.9. The zero-order valence-electron chi connectivity index (χ0n) is 13.0. The number of aryl methyl sites for hydroxylation is 2. The van der Waals surface area contributed by atoms with Gasteiger partial charge in [0.05, 0.1) is 11.5 Å². The highest BCUT2D eigenvalue weighted by atomic mass is 32.2. The van der Waals surface area contributed by atoms with E-state index in [0.717, 1.165) is 30.6 Å². The lowest BCUT2D eigenvalue weighted by molar-refractivity contribution is 0.280. The normalized spacial score (nSPS) is 18.7. The lowest BCUT2D eigenvalue weighted by atomic mass is 10.1. The standard InChI is InChI=1S/C15H24N2O3S/c1-12-9-13(2)15(10-14(12)11-18)21(19,20)17-6-4-5-16(3)7-8-17/h9-10,18H,4-8,11H2,1-3H3. The van der Waals surface area contributed by atoms with Gasteiger partial charge in [0.2, 0.25) is 10.0 Å². The first-order valence-corrected chi connectivity index (χ1v) is 8.70. The van der Waals surface area contributed by atoms with Crippen LogP contribution in [0.2, 0.25) is 0 Å². The molecule has 1 N–H and O–H groups in total. The lowest BCUT2D eigenvalue weighted by Crippen LogP contribution is -2.35. The summed E-state index contributed by atoms with van der Waals surface area (Å²) in [6.07, 6.45) is 0.841. The highest BCUT2D eigenvalue weighted by Gasteiger charge is 2.28. The molecule has 1 aliphatic heterocycles. The van der Waals surface area contributed by atoms with Crippen molar-refractivity contribution in [1.29, 1.82) is 0 Å². The first-order chi connectivity index (χ1) is 9.86. The van der Waals surface area contributed by atoms with Crippen LogP contribution in [0.1, 0.15) is 23.1 Å². The van der Waals surface area contributed by atoms with Crippen LogP contribution in [-0.4, -0.2) is 56.0 Å². The maximum atomic E-state index is 12.9. The van der Waals surface area contributed by atoms with Crippen LogP contribution in [-0.2, 0) is 16.6 Å². The zero-order chi connectivity index (χ0) is 15.6. The number of aliphatic hydroxyl groups excluding tert-OH is 1. The molecule has 1 saturated heterocycles. The summed E-state index contributed by atoms with van der Waals surface area (Å²) in [6.45, 7) is 6.28. The number of rotatable bonds is 3. The van der Waals surface area contributed by atoms with Crippen LogP contribution in [0, 0.1) is 13.8 Å². The van der Waals surface area contributed by atoms with Crippen LogP contribution in [0.5, 0.6) is 0 Å². The fraction of sp³-hybridized carbons (Fsp3) is 0.600. The van der Waals surface area contributed by atoms with Gasteiger partial charge in [0.25, 0.3) is 0 Å². The number of nitrogens with zero attached hydrogens (tertiary/aromatic N) is 2. The molecule has 1 aromatic carbocycles. The molecule has 0 bridgehead atoms. The molecule has 1 aliphatic rings. The largest absolute Gasteiger partial charge is 0.392 e. The molecule has 1 heterocycles. The molecule has 1 fully saturated rings. The van der Waals surface area contributed by atoms with E-state index >= 15 is 0 Å². The molecule has 118 valence electrons. The molecular weight excluding hydrogens is 288 g/mol. The number of sulfonamides is 1. The van der Waals surface area contributed by atoms with Gasteiger partial charge in [0.15, 0.2) is 0 Å². The molecule has 0 atom stereocenters.